The molecule has 0 spiro atoms. The Morgan fingerprint density at radius 1 is 1.33 bits per heavy atom. The summed E-state index contributed by atoms with van der Waals surface area (Å²) in [6, 6.07) is 6.52. The summed E-state index contributed by atoms with van der Waals surface area (Å²) in [6.45, 7) is 5.47. The van der Waals surface area contributed by atoms with E-state index in [1.807, 2.05) is 13.8 Å². The zero-order chi connectivity index (χ0) is 15.7. The Morgan fingerprint density at radius 3 is 2.52 bits per heavy atom. The van der Waals surface area contributed by atoms with E-state index in [1.54, 1.807) is 18.2 Å². The highest BCUT2D eigenvalue weighted by atomic mass is 32.2. The van der Waals surface area contributed by atoms with Gasteiger partial charge >= 0.3 is 0 Å². The van der Waals surface area contributed by atoms with Gasteiger partial charge in [0, 0.05) is 12.8 Å². The van der Waals surface area contributed by atoms with Crippen LogP contribution < -0.4 is 10.6 Å². The molecule has 1 atom stereocenters. The number of hydrogen-bond acceptors (Lipinski definition) is 4. The Hall–Kier alpha value is -1.40. The number of benzene rings is 1. The predicted molar refractivity (Wildman–Crippen MR) is 82.9 cm³/mol. The van der Waals surface area contributed by atoms with Gasteiger partial charge in [0.25, 0.3) is 0 Å². The largest absolute Gasteiger partial charge is 0.324 e. The van der Waals surface area contributed by atoms with Crippen LogP contribution in [-0.4, -0.2) is 33.7 Å². The molecule has 1 aromatic carbocycles. The molecule has 5 nitrogen and oxygen atoms in total. The second-order valence-corrected chi connectivity index (χ2v) is 7.94. The van der Waals surface area contributed by atoms with Gasteiger partial charge < -0.3 is 10.6 Å². The minimum atomic E-state index is -3.37. The van der Waals surface area contributed by atoms with E-state index in [4.69, 9.17) is 0 Å². The normalized spacial score (nSPS) is 22.5. The van der Waals surface area contributed by atoms with Crippen LogP contribution in [0.15, 0.2) is 29.2 Å². The third-order valence-corrected chi connectivity index (χ3v) is 5.44. The van der Waals surface area contributed by atoms with Crippen LogP contribution in [0, 0.1) is 11.3 Å². The van der Waals surface area contributed by atoms with Crippen molar-refractivity contribution < 1.29 is 13.2 Å². The number of carbonyl (C=O) groups excluding carboxylic acids is 1. The second kappa shape index (κ2) is 5.77. The number of carbonyl (C=O) groups is 1. The van der Waals surface area contributed by atoms with Gasteiger partial charge in [-0.05, 0) is 31.0 Å². The van der Waals surface area contributed by atoms with Crippen LogP contribution in [0.25, 0.3) is 0 Å². The van der Waals surface area contributed by atoms with E-state index in [9.17, 15) is 13.2 Å². The summed E-state index contributed by atoms with van der Waals surface area (Å²) in [6.07, 6.45) is 1.91. The summed E-state index contributed by atoms with van der Waals surface area (Å²) in [7, 11) is -3.37. The van der Waals surface area contributed by atoms with Gasteiger partial charge in [0.2, 0.25) is 5.91 Å². The highest BCUT2D eigenvalue weighted by Crippen LogP contribution is 2.36. The molecule has 1 unspecified atom stereocenters. The average molecular weight is 310 g/mol. The van der Waals surface area contributed by atoms with Crippen molar-refractivity contribution in [1.29, 1.82) is 0 Å². The summed E-state index contributed by atoms with van der Waals surface area (Å²) in [4.78, 5) is 12.9. The van der Waals surface area contributed by atoms with Gasteiger partial charge in [-0.15, -0.1) is 0 Å². The monoisotopic (exact) mass is 310 g/mol. The highest BCUT2D eigenvalue weighted by molar-refractivity contribution is 7.90. The molecule has 1 heterocycles. The number of rotatable bonds is 4. The third-order valence-electron chi connectivity index (χ3n) is 4.28. The minimum Gasteiger partial charge on any atom is -0.324 e. The van der Waals surface area contributed by atoms with Crippen molar-refractivity contribution in [2.75, 3.05) is 24.7 Å². The van der Waals surface area contributed by atoms with Gasteiger partial charge in [-0.3, -0.25) is 4.79 Å². The molecule has 1 saturated heterocycles. The molecule has 0 saturated carbocycles. The van der Waals surface area contributed by atoms with E-state index in [0.29, 0.717) is 12.2 Å². The minimum absolute atomic E-state index is 0.112. The van der Waals surface area contributed by atoms with Gasteiger partial charge in [-0.2, -0.15) is 0 Å². The van der Waals surface area contributed by atoms with E-state index >= 15 is 0 Å². The standard InChI is InChI=1S/C15H22N2O3S/c1-11(2)15(8-9-16-10-15)14(18)17-12-6-4-5-7-13(12)21(3,19)20/h4-7,11,16H,8-10H2,1-3H3,(H,17,18). The fourth-order valence-electron chi connectivity index (χ4n) is 2.80. The van der Waals surface area contributed by atoms with Crippen molar-refractivity contribution in [3.63, 3.8) is 0 Å². The van der Waals surface area contributed by atoms with Crippen molar-refractivity contribution in [1.82, 2.24) is 5.32 Å². The molecule has 1 aliphatic heterocycles. The van der Waals surface area contributed by atoms with E-state index in [0.717, 1.165) is 19.2 Å². The topological polar surface area (TPSA) is 75.3 Å². The third kappa shape index (κ3) is 3.11. The van der Waals surface area contributed by atoms with E-state index in [-0.39, 0.29) is 16.7 Å². The van der Waals surface area contributed by atoms with Gasteiger partial charge in [0.05, 0.1) is 16.0 Å². The quantitative estimate of drug-likeness (QED) is 0.887. The highest BCUT2D eigenvalue weighted by Gasteiger charge is 2.44. The van der Waals surface area contributed by atoms with Crippen LogP contribution in [-0.2, 0) is 14.6 Å². The van der Waals surface area contributed by atoms with Gasteiger partial charge in [0.15, 0.2) is 9.84 Å². The molecule has 116 valence electrons. The molecule has 1 aromatic rings. The van der Waals surface area contributed by atoms with Crippen molar-refractivity contribution in [3.05, 3.63) is 24.3 Å². The lowest BCUT2D eigenvalue weighted by Crippen LogP contribution is -2.42. The molecule has 2 N–H and O–H groups in total. The number of para-hydroxylation sites is 1. The summed E-state index contributed by atoms with van der Waals surface area (Å²) in [5, 5.41) is 6.05. The molecule has 0 aromatic heterocycles. The lowest BCUT2D eigenvalue weighted by Gasteiger charge is -2.31. The van der Waals surface area contributed by atoms with E-state index < -0.39 is 15.3 Å². The Kier molecular flexibility index (Phi) is 4.39. The number of nitrogens with one attached hydrogen (secondary N) is 2. The van der Waals surface area contributed by atoms with Crippen molar-refractivity contribution >= 4 is 21.4 Å². The van der Waals surface area contributed by atoms with Gasteiger partial charge in [-0.1, -0.05) is 26.0 Å². The van der Waals surface area contributed by atoms with Gasteiger partial charge in [-0.25, -0.2) is 8.42 Å². The lowest BCUT2D eigenvalue weighted by atomic mass is 9.75. The zero-order valence-corrected chi connectivity index (χ0v) is 13.5. The summed E-state index contributed by atoms with van der Waals surface area (Å²) < 4.78 is 23.6. The van der Waals surface area contributed by atoms with E-state index in [1.165, 1.54) is 6.07 Å². The molecular weight excluding hydrogens is 288 g/mol. The first-order chi connectivity index (χ1) is 9.77. The molecule has 21 heavy (non-hydrogen) atoms. The fourth-order valence-corrected chi connectivity index (χ4v) is 3.64. The zero-order valence-electron chi connectivity index (χ0n) is 12.6. The smallest absolute Gasteiger partial charge is 0.232 e. The molecule has 1 fully saturated rings. The van der Waals surface area contributed by atoms with Crippen LogP contribution in [0.3, 0.4) is 0 Å². The SMILES string of the molecule is CC(C)C1(C(=O)Nc2ccccc2S(C)(=O)=O)CCNC1. The molecule has 0 radical (unpaired) electrons. The first-order valence-corrected chi connectivity index (χ1v) is 8.98. The Bertz CT molecular complexity index is 632. The molecule has 0 aliphatic carbocycles. The number of sulfone groups is 1. The molecule has 6 heteroatoms. The maximum Gasteiger partial charge on any atom is 0.232 e. The lowest BCUT2D eigenvalue weighted by molar-refractivity contribution is -0.126. The van der Waals surface area contributed by atoms with Crippen LogP contribution in [0.5, 0.6) is 0 Å². The summed E-state index contributed by atoms with van der Waals surface area (Å²) in [5.41, 5.74) is -0.123. The van der Waals surface area contributed by atoms with Crippen LogP contribution in [0.4, 0.5) is 5.69 Å². The Labute approximate surface area is 126 Å². The molecule has 1 amide bonds. The van der Waals surface area contributed by atoms with Crippen molar-refractivity contribution in [2.24, 2.45) is 11.3 Å². The molecule has 1 aliphatic rings. The summed E-state index contributed by atoms with van der Waals surface area (Å²) in [5.74, 6) is 0.0662. The van der Waals surface area contributed by atoms with Crippen LogP contribution in [0.2, 0.25) is 0 Å². The van der Waals surface area contributed by atoms with Crippen molar-refractivity contribution in [3.8, 4) is 0 Å². The maximum absolute atomic E-state index is 12.7. The Balaban J connectivity index is 2.32. The average Bonchev–Trinajstić information content (AvgIpc) is 2.88. The first-order valence-electron chi connectivity index (χ1n) is 7.08. The Morgan fingerprint density at radius 2 is 2.00 bits per heavy atom. The van der Waals surface area contributed by atoms with Crippen LogP contribution >= 0.6 is 0 Å². The fraction of sp³-hybridized carbons (Fsp3) is 0.533. The van der Waals surface area contributed by atoms with Crippen molar-refractivity contribution in [2.45, 2.75) is 25.2 Å². The maximum atomic E-state index is 12.7. The number of amides is 1. The predicted octanol–water partition coefficient (Wildman–Crippen LogP) is 1.66. The first kappa shape index (κ1) is 16.0. The molecule has 2 rings (SSSR count). The second-order valence-electron chi connectivity index (χ2n) is 5.96. The number of hydrogen-bond donors (Lipinski definition) is 2. The van der Waals surface area contributed by atoms with Gasteiger partial charge in [0.1, 0.15) is 0 Å². The van der Waals surface area contributed by atoms with E-state index in [2.05, 4.69) is 10.6 Å². The molecule has 0 bridgehead atoms. The van der Waals surface area contributed by atoms with Crippen LogP contribution in [0.1, 0.15) is 20.3 Å². The molecular formula is C15H22N2O3S. The summed E-state index contributed by atoms with van der Waals surface area (Å²) >= 11 is 0. The number of anilines is 1.